The maximum atomic E-state index is 12.8. The van der Waals surface area contributed by atoms with E-state index in [9.17, 15) is 14.4 Å². The standard InChI is InChI=1S/C20H28O5/c1-4-24-18(22)20(19(23)25-5-2)13-15(10-8-9-14(3)21)16-11-6-7-12-17(16)20/h6,10-11,16-17H,4-5,7-9,12-13H2,1-3H3/b15-10+/t16-,17-/m1/s1. The smallest absolute Gasteiger partial charge is 0.324 e. The Labute approximate surface area is 149 Å². The van der Waals surface area contributed by atoms with Gasteiger partial charge in [-0.2, -0.15) is 0 Å². The van der Waals surface area contributed by atoms with Gasteiger partial charge in [-0.3, -0.25) is 9.59 Å². The molecule has 2 aliphatic carbocycles. The first-order chi connectivity index (χ1) is 12.0. The van der Waals surface area contributed by atoms with Crippen LogP contribution in [-0.2, 0) is 23.9 Å². The fourth-order valence-corrected chi connectivity index (χ4v) is 4.06. The van der Waals surface area contributed by atoms with Crippen molar-refractivity contribution in [3.05, 3.63) is 23.8 Å². The molecule has 25 heavy (non-hydrogen) atoms. The van der Waals surface area contributed by atoms with Gasteiger partial charge in [0.1, 0.15) is 5.78 Å². The van der Waals surface area contributed by atoms with Gasteiger partial charge in [-0.1, -0.05) is 23.8 Å². The number of hydrogen-bond acceptors (Lipinski definition) is 5. The van der Waals surface area contributed by atoms with Gasteiger partial charge in [-0.15, -0.1) is 0 Å². The topological polar surface area (TPSA) is 69.7 Å². The summed E-state index contributed by atoms with van der Waals surface area (Å²) < 4.78 is 10.6. The zero-order valence-corrected chi connectivity index (χ0v) is 15.4. The average molecular weight is 348 g/mol. The Morgan fingerprint density at radius 1 is 1.20 bits per heavy atom. The number of hydrogen-bond donors (Lipinski definition) is 0. The molecule has 0 bridgehead atoms. The molecule has 0 spiro atoms. The summed E-state index contributed by atoms with van der Waals surface area (Å²) in [6.07, 6.45) is 9.22. The molecule has 0 amide bonds. The minimum absolute atomic E-state index is 0.0366. The Balaban J connectivity index is 2.40. The third-order valence-corrected chi connectivity index (χ3v) is 5.15. The van der Waals surface area contributed by atoms with Crippen LogP contribution in [0.3, 0.4) is 0 Å². The normalized spacial score (nSPS) is 25.5. The second-order valence-electron chi connectivity index (χ2n) is 6.75. The minimum Gasteiger partial charge on any atom is -0.465 e. The molecule has 2 atom stereocenters. The van der Waals surface area contributed by atoms with Gasteiger partial charge >= 0.3 is 11.9 Å². The van der Waals surface area contributed by atoms with Gasteiger partial charge < -0.3 is 14.3 Å². The zero-order valence-electron chi connectivity index (χ0n) is 15.4. The van der Waals surface area contributed by atoms with Gasteiger partial charge in [0.25, 0.3) is 0 Å². The molecule has 2 aliphatic rings. The van der Waals surface area contributed by atoms with E-state index >= 15 is 0 Å². The highest BCUT2D eigenvalue weighted by atomic mass is 16.6. The second-order valence-corrected chi connectivity index (χ2v) is 6.75. The number of esters is 2. The third kappa shape index (κ3) is 3.86. The molecule has 1 saturated carbocycles. The van der Waals surface area contributed by atoms with E-state index in [0.29, 0.717) is 19.3 Å². The molecule has 138 valence electrons. The van der Waals surface area contributed by atoms with Gasteiger partial charge in [0.15, 0.2) is 5.41 Å². The predicted molar refractivity (Wildman–Crippen MR) is 93.7 cm³/mol. The molecule has 0 aliphatic heterocycles. The number of carbonyl (C=O) groups excluding carboxylic acids is 3. The highest BCUT2D eigenvalue weighted by molar-refractivity contribution is 6.01. The molecular weight excluding hydrogens is 320 g/mol. The van der Waals surface area contributed by atoms with E-state index in [0.717, 1.165) is 18.4 Å². The van der Waals surface area contributed by atoms with E-state index in [2.05, 4.69) is 12.2 Å². The number of carbonyl (C=O) groups is 3. The molecular formula is C20H28O5. The van der Waals surface area contributed by atoms with Crippen LogP contribution in [0.2, 0.25) is 0 Å². The first-order valence-corrected chi connectivity index (χ1v) is 9.16. The molecule has 2 rings (SSSR count). The van der Waals surface area contributed by atoms with Crippen LogP contribution in [-0.4, -0.2) is 30.9 Å². The van der Waals surface area contributed by atoms with Gasteiger partial charge in [0, 0.05) is 12.3 Å². The summed E-state index contributed by atoms with van der Waals surface area (Å²) in [4.78, 5) is 36.9. The Hall–Kier alpha value is -1.91. The molecule has 0 radical (unpaired) electrons. The lowest BCUT2D eigenvalue weighted by Gasteiger charge is -2.33. The minimum atomic E-state index is -1.26. The highest BCUT2D eigenvalue weighted by Crippen LogP contribution is 2.55. The van der Waals surface area contributed by atoms with Crippen molar-refractivity contribution < 1.29 is 23.9 Å². The van der Waals surface area contributed by atoms with E-state index in [4.69, 9.17) is 9.47 Å². The maximum Gasteiger partial charge on any atom is 0.324 e. The first kappa shape index (κ1) is 19.4. The fourth-order valence-electron chi connectivity index (χ4n) is 4.06. The number of allylic oxidation sites excluding steroid dienone is 4. The first-order valence-electron chi connectivity index (χ1n) is 9.16. The Morgan fingerprint density at radius 3 is 2.40 bits per heavy atom. The van der Waals surface area contributed by atoms with Gasteiger partial charge in [-0.25, -0.2) is 0 Å². The molecule has 0 heterocycles. The Kier molecular flexibility index (Phi) is 6.57. The molecule has 0 saturated heterocycles. The third-order valence-electron chi connectivity index (χ3n) is 5.15. The number of fused-ring (bicyclic) bond motifs is 1. The van der Waals surface area contributed by atoms with Crippen molar-refractivity contribution in [2.45, 2.75) is 52.9 Å². The van der Waals surface area contributed by atoms with Crippen LogP contribution in [0.1, 0.15) is 52.9 Å². The predicted octanol–water partition coefficient (Wildman–Crippen LogP) is 3.38. The van der Waals surface area contributed by atoms with E-state index in [1.165, 1.54) is 0 Å². The van der Waals surface area contributed by atoms with Crippen molar-refractivity contribution in [1.82, 2.24) is 0 Å². The molecule has 5 heteroatoms. The molecule has 0 unspecified atom stereocenters. The van der Waals surface area contributed by atoms with Gasteiger partial charge in [-0.05, 0) is 52.4 Å². The van der Waals surface area contributed by atoms with Crippen molar-refractivity contribution in [2.24, 2.45) is 17.3 Å². The van der Waals surface area contributed by atoms with E-state index < -0.39 is 17.4 Å². The molecule has 5 nitrogen and oxygen atoms in total. The SMILES string of the molecule is CCOC(=O)C1(C(=O)OCC)C/C(=C\CCC(C)=O)[C@H]2C=CCC[C@H]21. The van der Waals surface area contributed by atoms with Crippen molar-refractivity contribution in [3.63, 3.8) is 0 Å². The molecule has 0 aromatic carbocycles. The summed E-state index contributed by atoms with van der Waals surface area (Å²) >= 11 is 0. The number of rotatable bonds is 7. The van der Waals surface area contributed by atoms with E-state index in [1.807, 2.05) is 6.08 Å². The monoisotopic (exact) mass is 348 g/mol. The Bertz CT molecular complexity index is 569. The van der Waals surface area contributed by atoms with E-state index in [1.54, 1.807) is 20.8 Å². The Morgan fingerprint density at radius 2 is 1.84 bits per heavy atom. The van der Waals surface area contributed by atoms with Crippen LogP contribution in [0.25, 0.3) is 0 Å². The van der Waals surface area contributed by atoms with Crippen LogP contribution in [0.5, 0.6) is 0 Å². The summed E-state index contributed by atoms with van der Waals surface area (Å²) in [5, 5.41) is 0. The lowest BCUT2D eigenvalue weighted by molar-refractivity contribution is -0.175. The van der Waals surface area contributed by atoms with Crippen molar-refractivity contribution in [1.29, 1.82) is 0 Å². The van der Waals surface area contributed by atoms with Crippen LogP contribution in [0.4, 0.5) is 0 Å². The van der Waals surface area contributed by atoms with Crippen molar-refractivity contribution in [2.75, 3.05) is 13.2 Å². The largest absolute Gasteiger partial charge is 0.465 e. The average Bonchev–Trinajstić information content (AvgIpc) is 2.91. The van der Waals surface area contributed by atoms with Crippen LogP contribution in [0.15, 0.2) is 23.8 Å². The molecule has 0 aromatic rings. The van der Waals surface area contributed by atoms with Gasteiger partial charge in [0.05, 0.1) is 13.2 Å². The highest BCUT2D eigenvalue weighted by Gasteiger charge is 2.61. The maximum absolute atomic E-state index is 12.8. The summed E-state index contributed by atoms with van der Waals surface area (Å²) in [6.45, 7) is 5.52. The zero-order chi connectivity index (χ0) is 18.4. The lowest BCUT2D eigenvalue weighted by atomic mass is 9.71. The summed E-state index contributed by atoms with van der Waals surface area (Å²) in [5.74, 6) is -0.927. The molecule has 1 fully saturated rings. The lowest BCUT2D eigenvalue weighted by Crippen LogP contribution is -2.46. The summed E-state index contributed by atoms with van der Waals surface area (Å²) in [6, 6.07) is 0. The van der Waals surface area contributed by atoms with E-state index in [-0.39, 0.29) is 30.8 Å². The quantitative estimate of drug-likeness (QED) is 0.401. The number of Topliss-reactive ketones (excluding diaryl/α,β-unsaturated/α-hetero) is 1. The molecule has 0 N–H and O–H groups in total. The second kappa shape index (κ2) is 8.45. The van der Waals surface area contributed by atoms with Crippen molar-refractivity contribution in [3.8, 4) is 0 Å². The fraction of sp³-hybridized carbons (Fsp3) is 0.650. The number of ketones is 1. The molecule has 0 aromatic heterocycles. The van der Waals surface area contributed by atoms with Crippen LogP contribution in [0, 0.1) is 17.3 Å². The van der Waals surface area contributed by atoms with Crippen molar-refractivity contribution >= 4 is 17.7 Å². The van der Waals surface area contributed by atoms with Crippen LogP contribution >= 0.6 is 0 Å². The number of ether oxygens (including phenoxy) is 2. The van der Waals surface area contributed by atoms with Gasteiger partial charge in [0.2, 0.25) is 0 Å². The van der Waals surface area contributed by atoms with Crippen LogP contribution < -0.4 is 0 Å². The summed E-state index contributed by atoms with van der Waals surface area (Å²) in [7, 11) is 0. The summed E-state index contributed by atoms with van der Waals surface area (Å²) in [5.41, 5.74) is -0.216.